The van der Waals surface area contributed by atoms with Crippen LogP contribution in [0.25, 0.3) is 11.4 Å². The van der Waals surface area contributed by atoms with Gasteiger partial charge in [-0.1, -0.05) is 36.0 Å². The van der Waals surface area contributed by atoms with Gasteiger partial charge in [0.05, 0.1) is 19.5 Å². The van der Waals surface area contributed by atoms with Crippen LogP contribution in [0.5, 0.6) is 11.5 Å². The highest BCUT2D eigenvalue weighted by molar-refractivity contribution is 8.00. The van der Waals surface area contributed by atoms with E-state index in [0.717, 1.165) is 16.7 Å². The van der Waals surface area contributed by atoms with Crippen LogP contribution in [0.4, 0.5) is 5.69 Å². The number of nitrogens with one attached hydrogen (secondary N) is 2. The van der Waals surface area contributed by atoms with Gasteiger partial charge in [-0.15, -0.1) is 10.2 Å². The number of carbonyl (C=O) groups excluding carboxylic acids is 2. The Balaban J connectivity index is 1.35. The summed E-state index contributed by atoms with van der Waals surface area (Å²) in [7, 11) is 3.20. The lowest BCUT2D eigenvalue weighted by Crippen LogP contribution is -2.32. The molecule has 0 saturated carbocycles. The van der Waals surface area contributed by atoms with E-state index in [1.54, 1.807) is 14.2 Å². The molecule has 4 aromatic rings. The summed E-state index contributed by atoms with van der Waals surface area (Å²) < 4.78 is 12.6. The summed E-state index contributed by atoms with van der Waals surface area (Å²) in [4.78, 5) is 25.5. The minimum absolute atomic E-state index is 0.0728. The third-order valence-electron chi connectivity index (χ3n) is 6.64. The minimum atomic E-state index is -0.359. The van der Waals surface area contributed by atoms with Crippen LogP contribution in [0.2, 0.25) is 0 Å². The van der Waals surface area contributed by atoms with Crippen molar-refractivity contribution in [3.8, 4) is 22.9 Å². The number of nitrogens with zero attached hydrogens (tertiary/aromatic N) is 3. The van der Waals surface area contributed by atoms with Crippen molar-refractivity contribution in [2.24, 2.45) is 0 Å². The molecule has 0 saturated heterocycles. The predicted octanol–water partition coefficient (Wildman–Crippen LogP) is 5.38. The molecule has 9 nitrogen and oxygen atoms in total. The van der Waals surface area contributed by atoms with Crippen LogP contribution in [0, 0.1) is 6.92 Å². The van der Waals surface area contributed by atoms with E-state index in [0.29, 0.717) is 53.2 Å². The Morgan fingerprint density at radius 1 is 0.976 bits per heavy atom. The Hall–Kier alpha value is -4.31. The molecule has 1 aromatic heterocycles. The molecule has 10 heteroatoms. The van der Waals surface area contributed by atoms with Crippen LogP contribution < -0.4 is 20.1 Å². The van der Waals surface area contributed by atoms with E-state index in [1.807, 2.05) is 92.1 Å². The number of hydrogen-bond donors (Lipinski definition) is 2. The highest BCUT2D eigenvalue weighted by Crippen LogP contribution is 2.29. The molecule has 0 spiro atoms. The van der Waals surface area contributed by atoms with Crippen LogP contribution >= 0.6 is 11.8 Å². The summed E-state index contributed by atoms with van der Waals surface area (Å²) in [6, 6.07) is 20.7. The number of aryl methyl sites for hydroxylation is 1. The summed E-state index contributed by atoms with van der Waals surface area (Å²) in [6.45, 7) is 6.93. The molecule has 0 radical (unpaired) electrons. The highest BCUT2D eigenvalue weighted by atomic mass is 32.2. The molecule has 2 amide bonds. The molecule has 0 aliphatic rings. The predicted molar refractivity (Wildman–Crippen MR) is 162 cm³/mol. The van der Waals surface area contributed by atoms with Gasteiger partial charge in [0.15, 0.2) is 22.5 Å². The Labute approximate surface area is 244 Å². The van der Waals surface area contributed by atoms with Crippen molar-refractivity contribution in [1.29, 1.82) is 0 Å². The van der Waals surface area contributed by atoms with Crippen molar-refractivity contribution >= 4 is 29.3 Å². The van der Waals surface area contributed by atoms with E-state index < -0.39 is 0 Å². The number of methoxy groups -OCH3 is 2. The quantitative estimate of drug-likeness (QED) is 0.219. The van der Waals surface area contributed by atoms with Gasteiger partial charge >= 0.3 is 0 Å². The first-order valence-corrected chi connectivity index (χ1v) is 14.3. The number of hydrogen-bond acceptors (Lipinski definition) is 7. The second-order valence-electron chi connectivity index (χ2n) is 9.39. The lowest BCUT2D eigenvalue weighted by molar-refractivity contribution is -0.120. The summed E-state index contributed by atoms with van der Waals surface area (Å²) in [5.74, 6) is 1.81. The molecule has 0 bridgehead atoms. The molecule has 1 atom stereocenters. The fraction of sp³-hybridized carbons (Fsp3) is 0.290. The molecule has 0 aliphatic heterocycles. The van der Waals surface area contributed by atoms with Gasteiger partial charge in [0.1, 0.15) is 0 Å². The monoisotopic (exact) mass is 573 g/mol. The van der Waals surface area contributed by atoms with Gasteiger partial charge in [-0.3, -0.25) is 9.59 Å². The zero-order valence-corrected chi connectivity index (χ0v) is 24.7. The summed E-state index contributed by atoms with van der Waals surface area (Å²) in [5.41, 5.74) is 4.16. The van der Waals surface area contributed by atoms with Crippen LogP contribution in [0.3, 0.4) is 0 Å². The maximum absolute atomic E-state index is 12.8. The molecule has 41 heavy (non-hydrogen) atoms. The standard InChI is InChI=1S/C31H35N5O4S/c1-6-36-28(23-12-14-24(15-13-23)33-30(38)25-10-8-7-9-20(25)2)34-35-31(36)41-21(3)29(37)32-18-17-22-11-16-26(39-4)27(19-22)40-5/h7-16,19,21H,6,17-18H2,1-5H3,(H,32,37)(H,33,38). The SMILES string of the molecule is CCn1c(SC(C)C(=O)NCCc2ccc(OC)c(OC)c2)nnc1-c1ccc(NC(=O)c2ccccc2C)cc1. The molecule has 0 fully saturated rings. The first-order chi connectivity index (χ1) is 19.8. The smallest absolute Gasteiger partial charge is 0.255 e. The second kappa shape index (κ2) is 13.8. The number of thioether (sulfide) groups is 1. The maximum Gasteiger partial charge on any atom is 0.255 e. The van der Waals surface area contributed by atoms with Crippen molar-refractivity contribution < 1.29 is 19.1 Å². The van der Waals surface area contributed by atoms with Gasteiger partial charge in [0.25, 0.3) is 5.91 Å². The van der Waals surface area contributed by atoms with Crippen LogP contribution in [-0.4, -0.2) is 52.6 Å². The molecule has 214 valence electrons. The molecular formula is C31H35N5O4S. The van der Waals surface area contributed by atoms with Gasteiger partial charge in [-0.25, -0.2) is 0 Å². The van der Waals surface area contributed by atoms with Gasteiger partial charge in [-0.2, -0.15) is 0 Å². The summed E-state index contributed by atoms with van der Waals surface area (Å²) in [6.07, 6.45) is 0.667. The molecule has 1 unspecified atom stereocenters. The first-order valence-electron chi connectivity index (χ1n) is 13.4. The number of aromatic nitrogens is 3. The number of amides is 2. The van der Waals surface area contributed by atoms with Crippen molar-refractivity contribution in [1.82, 2.24) is 20.1 Å². The topological polar surface area (TPSA) is 107 Å². The molecular weight excluding hydrogens is 538 g/mol. The Kier molecular flexibility index (Phi) is 10.0. The first kappa shape index (κ1) is 29.7. The average molecular weight is 574 g/mol. The number of rotatable bonds is 12. The largest absolute Gasteiger partial charge is 0.493 e. The lowest BCUT2D eigenvalue weighted by Gasteiger charge is -2.13. The van der Waals surface area contributed by atoms with E-state index >= 15 is 0 Å². The van der Waals surface area contributed by atoms with E-state index in [9.17, 15) is 9.59 Å². The molecule has 3 aromatic carbocycles. The number of anilines is 1. The van der Waals surface area contributed by atoms with Gasteiger partial charge in [0.2, 0.25) is 5.91 Å². The Morgan fingerprint density at radius 3 is 2.39 bits per heavy atom. The Bertz CT molecular complexity index is 1500. The number of carbonyl (C=O) groups is 2. The van der Waals surface area contributed by atoms with Gasteiger partial charge in [-0.05, 0) is 80.8 Å². The third kappa shape index (κ3) is 7.26. The van der Waals surface area contributed by atoms with Crippen LogP contribution in [-0.2, 0) is 17.8 Å². The highest BCUT2D eigenvalue weighted by Gasteiger charge is 2.20. The molecule has 2 N–H and O–H groups in total. The number of benzene rings is 3. The van der Waals surface area contributed by atoms with Crippen LogP contribution in [0.15, 0.2) is 71.9 Å². The van der Waals surface area contributed by atoms with Gasteiger partial charge in [0, 0.05) is 29.9 Å². The van der Waals surface area contributed by atoms with E-state index in [4.69, 9.17) is 9.47 Å². The Morgan fingerprint density at radius 2 is 1.71 bits per heavy atom. The average Bonchev–Trinajstić information content (AvgIpc) is 3.39. The normalized spacial score (nSPS) is 11.5. The summed E-state index contributed by atoms with van der Waals surface area (Å²) in [5, 5.41) is 15.0. The zero-order valence-electron chi connectivity index (χ0n) is 23.9. The lowest BCUT2D eigenvalue weighted by atomic mass is 10.1. The molecule has 0 aliphatic carbocycles. The van der Waals surface area contributed by atoms with Crippen molar-refractivity contribution in [3.63, 3.8) is 0 Å². The van der Waals surface area contributed by atoms with Crippen molar-refractivity contribution in [3.05, 3.63) is 83.4 Å². The fourth-order valence-electron chi connectivity index (χ4n) is 4.32. The fourth-order valence-corrected chi connectivity index (χ4v) is 5.26. The summed E-state index contributed by atoms with van der Waals surface area (Å²) >= 11 is 1.37. The van der Waals surface area contributed by atoms with Crippen molar-refractivity contribution in [2.75, 3.05) is 26.1 Å². The molecule has 4 rings (SSSR count). The maximum atomic E-state index is 12.8. The minimum Gasteiger partial charge on any atom is -0.493 e. The third-order valence-corrected chi connectivity index (χ3v) is 7.72. The number of ether oxygens (including phenoxy) is 2. The zero-order chi connectivity index (χ0) is 29.4. The van der Waals surface area contributed by atoms with Gasteiger partial charge < -0.3 is 24.7 Å². The van der Waals surface area contributed by atoms with Crippen LogP contribution in [0.1, 0.15) is 35.3 Å². The van der Waals surface area contributed by atoms with Crippen molar-refractivity contribution in [2.45, 2.75) is 44.1 Å². The van der Waals surface area contributed by atoms with E-state index in [-0.39, 0.29) is 17.1 Å². The van der Waals surface area contributed by atoms with E-state index in [2.05, 4.69) is 20.8 Å². The van der Waals surface area contributed by atoms with E-state index in [1.165, 1.54) is 11.8 Å². The molecule has 1 heterocycles. The second-order valence-corrected chi connectivity index (χ2v) is 10.7.